The van der Waals surface area contributed by atoms with Crippen LogP contribution in [0, 0.1) is 0 Å². The van der Waals surface area contributed by atoms with E-state index in [0.29, 0.717) is 11.7 Å². The van der Waals surface area contributed by atoms with Gasteiger partial charge in [-0.1, -0.05) is 5.10 Å². The van der Waals surface area contributed by atoms with Gasteiger partial charge in [-0.25, -0.2) is 0 Å². The zero-order valence-electron chi connectivity index (χ0n) is 5.32. The molecule has 0 spiro atoms. The van der Waals surface area contributed by atoms with Crippen molar-refractivity contribution in [3.63, 3.8) is 0 Å². The average Bonchev–Trinajstić information content (AvgIpc) is 2.55. The molecule has 0 bridgehead atoms. The third-order valence-corrected chi connectivity index (χ3v) is 1.29. The summed E-state index contributed by atoms with van der Waals surface area (Å²) in [6.07, 6.45) is 1.52. The van der Waals surface area contributed by atoms with Crippen LogP contribution in [0.15, 0.2) is 27.2 Å². The summed E-state index contributed by atoms with van der Waals surface area (Å²) in [5.41, 5.74) is 0. The molecular weight excluding hydrogens is 168 g/mol. The van der Waals surface area contributed by atoms with Crippen molar-refractivity contribution in [3.05, 3.63) is 23.7 Å². The van der Waals surface area contributed by atoms with Crippen LogP contribution >= 0.6 is 11.6 Å². The van der Waals surface area contributed by atoms with Gasteiger partial charge in [0.25, 0.3) is 5.89 Å². The van der Waals surface area contributed by atoms with E-state index in [1.165, 1.54) is 6.26 Å². The lowest BCUT2D eigenvalue weighted by Crippen LogP contribution is -1.71. The Kier molecular flexibility index (Phi) is 1.40. The first kappa shape index (κ1) is 6.42. The third-order valence-electron chi connectivity index (χ3n) is 1.13. The maximum absolute atomic E-state index is 5.40. The van der Waals surface area contributed by atoms with Crippen LogP contribution in [-0.2, 0) is 0 Å². The molecule has 0 saturated carbocycles. The lowest BCUT2D eigenvalue weighted by atomic mass is 10.5. The van der Waals surface area contributed by atoms with Crippen molar-refractivity contribution in [1.82, 2.24) is 10.2 Å². The molecule has 56 valence electrons. The summed E-state index contributed by atoms with van der Waals surface area (Å²) in [6.45, 7) is 0. The highest BCUT2D eigenvalue weighted by atomic mass is 35.5. The van der Waals surface area contributed by atoms with Crippen LogP contribution in [0.5, 0.6) is 0 Å². The van der Waals surface area contributed by atoms with Crippen LogP contribution < -0.4 is 0 Å². The molecule has 0 fully saturated rings. The molecule has 0 aliphatic carbocycles. The van der Waals surface area contributed by atoms with Gasteiger partial charge in [0.15, 0.2) is 5.76 Å². The quantitative estimate of drug-likeness (QED) is 0.657. The van der Waals surface area contributed by atoms with Gasteiger partial charge in [0.05, 0.1) is 6.26 Å². The number of nitrogens with zero attached hydrogens (tertiary/aromatic N) is 2. The van der Waals surface area contributed by atoms with E-state index < -0.39 is 0 Å². The first-order chi connectivity index (χ1) is 5.36. The first-order valence-electron chi connectivity index (χ1n) is 2.89. The standard InChI is InChI=1S/C6H3ClN2O2/c7-6-9-8-5(11-6)4-2-1-3-10-4/h1-3H. The normalized spacial score (nSPS) is 10.3. The van der Waals surface area contributed by atoms with Crippen molar-refractivity contribution >= 4 is 11.6 Å². The average molecular weight is 171 g/mol. The molecule has 0 radical (unpaired) electrons. The highest BCUT2D eigenvalue weighted by molar-refractivity contribution is 6.27. The van der Waals surface area contributed by atoms with Crippen LogP contribution in [0.2, 0.25) is 5.35 Å². The summed E-state index contributed by atoms with van der Waals surface area (Å²) < 4.78 is 9.86. The van der Waals surface area contributed by atoms with Crippen LogP contribution in [0.3, 0.4) is 0 Å². The second-order valence-electron chi connectivity index (χ2n) is 1.84. The Morgan fingerprint density at radius 3 is 2.82 bits per heavy atom. The Hall–Kier alpha value is -1.29. The number of hydrogen-bond donors (Lipinski definition) is 0. The number of aromatic nitrogens is 2. The lowest BCUT2D eigenvalue weighted by Gasteiger charge is -1.81. The van der Waals surface area contributed by atoms with Crippen molar-refractivity contribution in [2.75, 3.05) is 0 Å². The van der Waals surface area contributed by atoms with Gasteiger partial charge in [0, 0.05) is 0 Å². The van der Waals surface area contributed by atoms with Crippen molar-refractivity contribution in [1.29, 1.82) is 0 Å². The minimum atomic E-state index is 0.0106. The molecule has 4 nitrogen and oxygen atoms in total. The SMILES string of the molecule is Clc1nnc(-c2ccco2)o1. The molecule has 0 aliphatic rings. The fourth-order valence-electron chi connectivity index (χ4n) is 0.705. The molecule has 0 aliphatic heterocycles. The zero-order chi connectivity index (χ0) is 7.68. The Morgan fingerprint density at radius 2 is 2.27 bits per heavy atom. The summed E-state index contributed by atoms with van der Waals surface area (Å²) in [5.74, 6) is 0.810. The van der Waals surface area contributed by atoms with Gasteiger partial charge in [-0.05, 0) is 23.7 Å². The number of hydrogen-bond acceptors (Lipinski definition) is 4. The largest absolute Gasteiger partial charge is 0.459 e. The third kappa shape index (κ3) is 1.12. The van der Waals surface area contributed by atoms with E-state index in [1.54, 1.807) is 12.1 Å². The van der Waals surface area contributed by atoms with E-state index in [2.05, 4.69) is 10.2 Å². The number of furan rings is 1. The van der Waals surface area contributed by atoms with Crippen molar-refractivity contribution in [2.24, 2.45) is 0 Å². The Bertz CT molecular complexity index is 341. The van der Waals surface area contributed by atoms with Crippen LogP contribution in [-0.4, -0.2) is 10.2 Å². The van der Waals surface area contributed by atoms with E-state index in [4.69, 9.17) is 20.4 Å². The summed E-state index contributed by atoms with van der Waals surface area (Å²) in [5, 5.41) is 7.09. The number of halogens is 1. The molecule has 2 aromatic rings. The second kappa shape index (κ2) is 2.39. The molecule has 5 heteroatoms. The molecule has 0 atom stereocenters. The maximum Gasteiger partial charge on any atom is 0.313 e. The highest BCUT2D eigenvalue weighted by Crippen LogP contribution is 2.19. The highest BCUT2D eigenvalue weighted by Gasteiger charge is 2.07. The van der Waals surface area contributed by atoms with Crippen molar-refractivity contribution < 1.29 is 8.83 Å². The maximum atomic E-state index is 5.40. The molecule has 0 N–H and O–H groups in total. The van der Waals surface area contributed by atoms with Crippen LogP contribution in [0.25, 0.3) is 11.7 Å². The van der Waals surface area contributed by atoms with Crippen molar-refractivity contribution in [2.45, 2.75) is 0 Å². The molecule has 11 heavy (non-hydrogen) atoms. The Morgan fingerprint density at radius 1 is 1.36 bits per heavy atom. The molecular formula is C6H3ClN2O2. The summed E-state index contributed by atoms with van der Waals surface area (Å²) in [7, 11) is 0. The molecule has 2 heterocycles. The van der Waals surface area contributed by atoms with E-state index in [1.807, 2.05) is 0 Å². The summed E-state index contributed by atoms with van der Waals surface area (Å²) in [6, 6.07) is 3.44. The van der Waals surface area contributed by atoms with Crippen LogP contribution in [0.4, 0.5) is 0 Å². The predicted molar refractivity (Wildman–Crippen MR) is 37.0 cm³/mol. The van der Waals surface area contributed by atoms with E-state index in [9.17, 15) is 0 Å². The topological polar surface area (TPSA) is 52.1 Å². The predicted octanol–water partition coefficient (Wildman–Crippen LogP) is 1.98. The van der Waals surface area contributed by atoms with E-state index in [-0.39, 0.29) is 5.35 Å². The molecule has 0 unspecified atom stereocenters. The van der Waals surface area contributed by atoms with Gasteiger partial charge in [0.1, 0.15) is 0 Å². The van der Waals surface area contributed by atoms with E-state index in [0.717, 1.165) is 0 Å². The summed E-state index contributed by atoms with van der Waals surface area (Å²) >= 11 is 5.40. The van der Waals surface area contributed by atoms with Gasteiger partial charge >= 0.3 is 5.35 Å². The minimum Gasteiger partial charge on any atom is -0.459 e. The Balaban J connectivity index is 2.45. The molecule has 0 amide bonds. The van der Waals surface area contributed by atoms with Gasteiger partial charge in [-0.2, -0.15) is 0 Å². The molecule has 0 saturated heterocycles. The first-order valence-corrected chi connectivity index (χ1v) is 3.27. The molecule has 2 aromatic heterocycles. The Labute approximate surface area is 66.8 Å². The smallest absolute Gasteiger partial charge is 0.313 e. The van der Waals surface area contributed by atoms with Gasteiger partial charge < -0.3 is 8.83 Å². The monoisotopic (exact) mass is 170 g/mol. The van der Waals surface area contributed by atoms with E-state index >= 15 is 0 Å². The van der Waals surface area contributed by atoms with Crippen LogP contribution in [0.1, 0.15) is 0 Å². The van der Waals surface area contributed by atoms with Gasteiger partial charge in [0.2, 0.25) is 0 Å². The fourth-order valence-corrected chi connectivity index (χ4v) is 0.816. The fraction of sp³-hybridized carbons (Fsp3) is 0. The zero-order valence-corrected chi connectivity index (χ0v) is 6.08. The molecule has 0 aromatic carbocycles. The van der Waals surface area contributed by atoms with Crippen molar-refractivity contribution in [3.8, 4) is 11.7 Å². The minimum absolute atomic E-state index is 0.0106. The lowest BCUT2D eigenvalue weighted by molar-refractivity contribution is 0.517. The number of rotatable bonds is 1. The van der Waals surface area contributed by atoms with Gasteiger partial charge in [-0.3, -0.25) is 0 Å². The molecule has 2 rings (SSSR count). The second-order valence-corrected chi connectivity index (χ2v) is 2.16. The van der Waals surface area contributed by atoms with Gasteiger partial charge in [-0.15, -0.1) is 5.10 Å². The summed E-state index contributed by atoms with van der Waals surface area (Å²) in [4.78, 5) is 0.